The van der Waals surface area contributed by atoms with Crippen LogP contribution in [-0.2, 0) is 0 Å². The predicted octanol–water partition coefficient (Wildman–Crippen LogP) is 4.39. The number of ether oxygens (including phenoxy) is 2. The summed E-state index contributed by atoms with van der Waals surface area (Å²) in [6.07, 6.45) is 0.667. The zero-order chi connectivity index (χ0) is 18.3. The Morgan fingerprint density at radius 1 is 1.15 bits per heavy atom. The number of halogens is 1. The van der Waals surface area contributed by atoms with Crippen LogP contribution in [-0.4, -0.2) is 23.8 Å². The van der Waals surface area contributed by atoms with E-state index in [9.17, 15) is 5.11 Å². The Kier molecular flexibility index (Phi) is 4.63. The van der Waals surface area contributed by atoms with Crippen LogP contribution in [0.25, 0.3) is 0 Å². The van der Waals surface area contributed by atoms with Gasteiger partial charge in [-0.2, -0.15) is 0 Å². The number of nitrogens with one attached hydrogen (secondary N) is 1. The molecule has 2 aliphatic rings. The van der Waals surface area contributed by atoms with Gasteiger partial charge in [0.2, 0.25) is 6.79 Å². The van der Waals surface area contributed by atoms with E-state index >= 15 is 0 Å². The van der Waals surface area contributed by atoms with Crippen LogP contribution in [0, 0.1) is 5.92 Å². The van der Waals surface area contributed by atoms with Crippen molar-refractivity contribution in [2.75, 3.05) is 6.79 Å². The first-order valence-corrected chi connectivity index (χ1v) is 9.51. The number of hydrogen-bond acceptors (Lipinski definition) is 5. The van der Waals surface area contributed by atoms with Gasteiger partial charge in [-0.15, -0.1) is 0 Å². The molecule has 0 saturated heterocycles. The summed E-state index contributed by atoms with van der Waals surface area (Å²) in [4.78, 5) is 4.92. The van der Waals surface area contributed by atoms with E-state index in [-0.39, 0.29) is 19.0 Å². The van der Waals surface area contributed by atoms with E-state index in [4.69, 9.17) is 14.5 Å². The lowest BCUT2D eigenvalue weighted by Crippen LogP contribution is -2.41. The third-order valence-corrected chi connectivity index (χ3v) is 5.26. The largest absolute Gasteiger partial charge is 0.508 e. The van der Waals surface area contributed by atoms with Gasteiger partial charge in [-0.3, -0.25) is 10.3 Å². The molecule has 0 bridgehead atoms. The van der Waals surface area contributed by atoms with Gasteiger partial charge in [-0.25, -0.2) is 0 Å². The van der Waals surface area contributed by atoms with E-state index in [1.54, 1.807) is 6.07 Å². The minimum absolute atomic E-state index is 0.0159. The molecule has 0 radical (unpaired) electrons. The van der Waals surface area contributed by atoms with Gasteiger partial charge in [0.1, 0.15) is 11.9 Å². The van der Waals surface area contributed by atoms with Gasteiger partial charge >= 0.3 is 0 Å². The predicted molar refractivity (Wildman–Crippen MR) is 104 cm³/mol. The molecule has 0 aromatic heterocycles. The molecule has 26 heavy (non-hydrogen) atoms. The number of nitrogens with zero attached hydrogens (tertiary/aromatic N) is 1. The van der Waals surface area contributed by atoms with Gasteiger partial charge in [-0.05, 0) is 47.9 Å². The van der Waals surface area contributed by atoms with E-state index in [0.29, 0.717) is 18.1 Å². The van der Waals surface area contributed by atoms with Crippen molar-refractivity contribution in [2.45, 2.75) is 32.5 Å². The second kappa shape index (κ2) is 6.93. The molecule has 2 aromatic rings. The second-order valence-corrected chi connectivity index (χ2v) is 7.87. The summed E-state index contributed by atoms with van der Waals surface area (Å²) in [6.45, 7) is 4.54. The first kappa shape index (κ1) is 17.4. The van der Waals surface area contributed by atoms with E-state index < -0.39 is 0 Å². The Bertz CT molecular complexity index is 866. The lowest BCUT2D eigenvalue weighted by atomic mass is 9.93. The van der Waals surface area contributed by atoms with Crippen LogP contribution in [0.3, 0.4) is 0 Å². The molecule has 4 rings (SSSR count). The lowest BCUT2D eigenvalue weighted by molar-refractivity contribution is 0.174. The Hall–Kier alpha value is -2.05. The van der Waals surface area contributed by atoms with Crippen molar-refractivity contribution in [1.29, 1.82) is 0 Å². The average molecular weight is 417 g/mol. The SMILES string of the molecule is CC(C)C1N=C(c2ccc3c(c2)OCO3)CC(c2cc(Br)ccc2O)N1. The van der Waals surface area contributed by atoms with Crippen LogP contribution >= 0.6 is 15.9 Å². The highest BCUT2D eigenvalue weighted by atomic mass is 79.9. The van der Waals surface area contributed by atoms with Gasteiger partial charge in [0, 0.05) is 28.2 Å². The van der Waals surface area contributed by atoms with Gasteiger partial charge < -0.3 is 14.6 Å². The number of hydrogen-bond donors (Lipinski definition) is 2. The quantitative estimate of drug-likeness (QED) is 0.778. The van der Waals surface area contributed by atoms with Crippen molar-refractivity contribution < 1.29 is 14.6 Å². The second-order valence-electron chi connectivity index (χ2n) is 6.96. The first-order chi connectivity index (χ1) is 12.5. The lowest BCUT2D eigenvalue weighted by Gasteiger charge is -2.32. The van der Waals surface area contributed by atoms with Crippen LogP contribution in [0.4, 0.5) is 0 Å². The summed E-state index contributed by atoms with van der Waals surface area (Å²) in [6, 6.07) is 11.4. The molecule has 0 aliphatic carbocycles. The summed E-state index contributed by atoms with van der Waals surface area (Å²) in [5.41, 5.74) is 2.91. The summed E-state index contributed by atoms with van der Waals surface area (Å²) >= 11 is 3.50. The first-order valence-electron chi connectivity index (χ1n) is 8.72. The maximum absolute atomic E-state index is 10.4. The number of rotatable bonds is 3. The molecule has 0 fully saturated rings. The van der Waals surface area contributed by atoms with Crippen LogP contribution < -0.4 is 14.8 Å². The Morgan fingerprint density at radius 3 is 2.77 bits per heavy atom. The van der Waals surface area contributed by atoms with Crippen molar-refractivity contribution in [2.24, 2.45) is 10.9 Å². The number of phenolic OH excluding ortho intramolecular Hbond substituents is 1. The summed E-state index contributed by atoms with van der Waals surface area (Å²) in [7, 11) is 0. The average Bonchev–Trinajstić information content (AvgIpc) is 3.11. The van der Waals surface area contributed by atoms with Crippen molar-refractivity contribution in [3.63, 3.8) is 0 Å². The topological polar surface area (TPSA) is 63.1 Å². The fraction of sp³-hybridized carbons (Fsp3) is 0.350. The highest BCUT2D eigenvalue weighted by molar-refractivity contribution is 9.10. The van der Waals surface area contributed by atoms with Crippen LogP contribution in [0.5, 0.6) is 17.2 Å². The van der Waals surface area contributed by atoms with Gasteiger partial charge in [0.05, 0.1) is 0 Å². The molecular weight excluding hydrogens is 396 g/mol. The monoisotopic (exact) mass is 416 g/mol. The van der Waals surface area contributed by atoms with Crippen molar-refractivity contribution in [1.82, 2.24) is 5.32 Å². The van der Waals surface area contributed by atoms with E-state index in [1.807, 2.05) is 30.3 Å². The fourth-order valence-corrected chi connectivity index (χ4v) is 3.71. The molecule has 0 spiro atoms. The third-order valence-electron chi connectivity index (χ3n) is 4.77. The molecule has 6 heteroatoms. The minimum Gasteiger partial charge on any atom is -0.508 e. The summed E-state index contributed by atoms with van der Waals surface area (Å²) < 4.78 is 11.9. The molecule has 2 atom stereocenters. The number of aliphatic imine (C=N–C) groups is 1. The standard InChI is InChI=1S/C20H21BrN2O3/c1-11(2)20-22-15(12-3-6-18-19(7-12)26-10-25-18)9-16(23-20)14-8-13(21)4-5-17(14)24/h3-8,11,16,20,23-24H,9-10H2,1-2H3. The van der Waals surface area contributed by atoms with E-state index in [1.165, 1.54) is 0 Å². The highest BCUT2D eigenvalue weighted by Gasteiger charge is 2.29. The molecule has 2 aliphatic heterocycles. The Labute approximate surface area is 161 Å². The fourth-order valence-electron chi connectivity index (χ4n) is 3.33. The van der Waals surface area contributed by atoms with Crippen molar-refractivity contribution >= 4 is 21.6 Å². The van der Waals surface area contributed by atoms with Crippen molar-refractivity contribution in [3.05, 3.63) is 52.0 Å². The van der Waals surface area contributed by atoms with E-state index in [0.717, 1.165) is 32.8 Å². The van der Waals surface area contributed by atoms with Gasteiger partial charge in [0.15, 0.2) is 11.5 Å². The van der Waals surface area contributed by atoms with Gasteiger partial charge in [-0.1, -0.05) is 29.8 Å². The molecule has 5 nitrogen and oxygen atoms in total. The smallest absolute Gasteiger partial charge is 0.231 e. The Morgan fingerprint density at radius 2 is 1.96 bits per heavy atom. The number of benzene rings is 2. The van der Waals surface area contributed by atoms with Crippen LogP contribution in [0.2, 0.25) is 0 Å². The van der Waals surface area contributed by atoms with Crippen LogP contribution in [0.1, 0.15) is 37.4 Å². The molecule has 2 heterocycles. The number of aromatic hydroxyl groups is 1. The molecule has 0 amide bonds. The normalized spacial score (nSPS) is 21.8. The number of fused-ring (bicyclic) bond motifs is 1. The minimum atomic E-state index is -0.0208. The van der Waals surface area contributed by atoms with E-state index in [2.05, 4.69) is 35.1 Å². The third kappa shape index (κ3) is 3.31. The molecular formula is C20H21BrN2O3. The zero-order valence-electron chi connectivity index (χ0n) is 14.7. The maximum Gasteiger partial charge on any atom is 0.231 e. The number of phenols is 1. The summed E-state index contributed by atoms with van der Waals surface area (Å²) in [5.74, 6) is 2.15. The maximum atomic E-state index is 10.4. The molecule has 136 valence electrons. The molecule has 2 N–H and O–H groups in total. The Balaban J connectivity index is 1.70. The van der Waals surface area contributed by atoms with Gasteiger partial charge in [0.25, 0.3) is 0 Å². The zero-order valence-corrected chi connectivity index (χ0v) is 16.3. The molecule has 2 unspecified atom stereocenters. The molecule has 2 aromatic carbocycles. The molecule has 0 saturated carbocycles. The summed E-state index contributed by atoms with van der Waals surface area (Å²) in [5, 5.41) is 13.9. The van der Waals surface area contributed by atoms with Crippen molar-refractivity contribution in [3.8, 4) is 17.2 Å². The highest BCUT2D eigenvalue weighted by Crippen LogP contribution is 2.36. The van der Waals surface area contributed by atoms with Crippen LogP contribution in [0.15, 0.2) is 45.9 Å².